The highest BCUT2D eigenvalue weighted by atomic mass is 32.1. The molecule has 1 amide bonds. The molecule has 20 heavy (non-hydrogen) atoms. The summed E-state index contributed by atoms with van der Waals surface area (Å²) in [5.41, 5.74) is 2.11. The highest BCUT2D eigenvalue weighted by Gasteiger charge is 2.21. The number of hydrogen-bond acceptors (Lipinski definition) is 4. The molecule has 2 rings (SSSR count). The summed E-state index contributed by atoms with van der Waals surface area (Å²) in [7, 11) is 0. The normalized spacial score (nSPS) is 10.1. The summed E-state index contributed by atoms with van der Waals surface area (Å²) in [6.07, 6.45) is 0. The van der Waals surface area contributed by atoms with Crippen molar-refractivity contribution in [3.8, 4) is 11.1 Å². The third-order valence-electron chi connectivity index (χ3n) is 2.64. The van der Waals surface area contributed by atoms with Crippen LogP contribution in [0.15, 0.2) is 35.7 Å². The average Bonchev–Trinajstić information content (AvgIpc) is 2.83. The van der Waals surface area contributed by atoms with Crippen molar-refractivity contribution >= 4 is 28.2 Å². The van der Waals surface area contributed by atoms with Gasteiger partial charge in [-0.05, 0) is 12.5 Å². The topological polar surface area (TPSA) is 55.4 Å². The van der Waals surface area contributed by atoms with Crippen molar-refractivity contribution in [3.63, 3.8) is 0 Å². The largest absolute Gasteiger partial charge is 0.462 e. The van der Waals surface area contributed by atoms with E-state index in [1.807, 2.05) is 35.7 Å². The quantitative estimate of drug-likeness (QED) is 0.876. The molecule has 1 aromatic heterocycles. The average molecular weight is 289 g/mol. The summed E-state index contributed by atoms with van der Waals surface area (Å²) in [5.74, 6) is -0.631. The Bertz CT molecular complexity index is 619. The second-order valence-electron chi connectivity index (χ2n) is 4.12. The highest BCUT2D eigenvalue weighted by molar-refractivity contribution is 7.15. The highest BCUT2D eigenvalue weighted by Crippen LogP contribution is 2.36. The van der Waals surface area contributed by atoms with Crippen LogP contribution < -0.4 is 5.32 Å². The van der Waals surface area contributed by atoms with Gasteiger partial charge in [-0.2, -0.15) is 0 Å². The Morgan fingerprint density at radius 3 is 2.55 bits per heavy atom. The van der Waals surface area contributed by atoms with Gasteiger partial charge in [0.2, 0.25) is 5.91 Å². The van der Waals surface area contributed by atoms with Gasteiger partial charge in [-0.3, -0.25) is 4.79 Å². The minimum absolute atomic E-state index is 0.211. The van der Waals surface area contributed by atoms with Crippen molar-refractivity contribution in [2.45, 2.75) is 13.8 Å². The van der Waals surface area contributed by atoms with Crippen molar-refractivity contribution in [1.82, 2.24) is 0 Å². The first-order valence-electron chi connectivity index (χ1n) is 6.25. The molecule has 0 aliphatic carbocycles. The van der Waals surface area contributed by atoms with Crippen LogP contribution in [0.5, 0.6) is 0 Å². The molecule has 0 aliphatic heterocycles. The molecule has 1 N–H and O–H groups in total. The SMILES string of the molecule is CCOC(=O)c1c(-c2ccccc2)csc1NC(C)=O. The number of thiophene rings is 1. The van der Waals surface area contributed by atoms with Crippen LogP contribution in [0.4, 0.5) is 5.00 Å². The summed E-state index contributed by atoms with van der Waals surface area (Å²) in [6.45, 7) is 3.46. The summed E-state index contributed by atoms with van der Waals surface area (Å²) in [5, 5.41) is 5.06. The lowest BCUT2D eigenvalue weighted by molar-refractivity contribution is -0.114. The molecule has 0 aliphatic rings. The molecule has 1 aromatic carbocycles. The molecule has 0 radical (unpaired) electrons. The molecule has 0 bridgehead atoms. The maximum atomic E-state index is 12.1. The fraction of sp³-hybridized carbons (Fsp3) is 0.200. The first-order valence-corrected chi connectivity index (χ1v) is 7.13. The zero-order chi connectivity index (χ0) is 14.5. The second-order valence-corrected chi connectivity index (χ2v) is 5.00. The van der Waals surface area contributed by atoms with Crippen LogP contribution in [-0.4, -0.2) is 18.5 Å². The van der Waals surface area contributed by atoms with Gasteiger partial charge in [-0.25, -0.2) is 4.79 Å². The maximum Gasteiger partial charge on any atom is 0.341 e. The number of ether oxygens (including phenoxy) is 1. The Balaban J connectivity index is 2.49. The Labute approximate surface area is 121 Å². The van der Waals surface area contributed by atoms with Gasteiger partial charge in [0.25, 0.3) is 0 Å². The van der Waals surface area contributed by atoms with E-state index in [9.17, 15) is 9.59 Å². The van der Waals surface area contributed by atoms with Gasteiger partial charge < -0.3 is 10.1 Å². The molecule has 0 saturated heterocycles. The number of amides is 1. The van der Waals surface area contributed by atoms with Gasteiger partial charge >= 0.3 is 5.97 Å². The van der Waals surface area contributed by atoms with E-state index in [0.717, 1.165) is 11.1 Å². The fourth-order valence-corrected chi connectivity index (χ4v) is 2.85. The fourth-order valence-electron chi connectivity index (χ4n) is 1.85. The van der Waals surface area contributed by atoms with Crippen LogP contribution in [0.2, 0.25) is 0 Å². The van der Waals surface area contributed by atoms with Crippen molar-refractivity contribution in [2.24, 2.45) is 0 Å². The first-order chi connectivity index (χ1) is 9.63. The van der Waals surface area contributed by atoms with E-state index in [0.29, 0.717) is 17.2 Å². The zero-order valence-electron chi connectivity index (χ0n) is 11.3. The molecule has 0 fully saturated rings. The van der Waals surface area contributed by atoms with Crippen molar-refractivity contribution < 1.29 is 14.3 Å². The molecule has 4 nitrogen and oxygen atoms in total. The minimum Gasteiger partial charge on any atom is -0.462 e. The van der Waals surface area contributed by atoms with E-state index in [-0.39, 0.29) is 5.91 Å². The van der Waals surface area contributed by atoms with Gasteiger partial charge in [0.05, 0.1) is 6.61 Å². The molecular formula is C15H15NO3S. The lowest BCUT2D eigenvalue weighted by Gasteiger charge is -2.07. The Kier molecular flexibility index (Phi) is 4.53. The number of esters is 1. The lowest BCUT2D eigenvalue weighted by Crippen LogP contribution is -2.11. The minimum atomic E-state index is -0.420. The number of anilines is 1. The lowest BCUT2D eigenvalue weighted by atomic mass is 10.0. The smallest absolute Gasteiger partial charge is 0.341 e. The Morgan fingerprint density at radius 2 is 1.95 bits per heavy atom. The summed E-state index contributed by atoms with van der Waals surface area (Å²) in [4.78, 5) is 23.4. The third kappa shape index (κ3) is 3.05. The summed E-state index contributed by atoms with van der Waals surface area (Å²) >= 11 is 1.32. The monoisotopic (exact) mass is 289 g/mol. The van der Waals surface area contributed by atoms with Crippen LogP contribution in [-0.2, 0) is 9.53 Å². The van der Waals surface area contributed by atoms with E-state index in [2.05, 4.69) is 5.32 Å². The van der Waals surface area contributed by atoms with Gasteiger partial charge in [-0.1, -0.05) is 30.3 Å². The van der Waals surface area contributed by atoms with E-state index in [1.54, 1.807) is 6.92 Å². The molecule has 0 unspecified atom stereocenters. The second kappa shape index (κ2) is 6.34. The zero-order valence-corrected chi connectivity index (χ0v) is 12.1. The van der Waals surface area contributed by atoms with Crippen molar-refractivity contribution in [1.29, 1.82) is 0 Å². The number of carbonyl (C=O) groups is 2. The molecule has 0 spiro atoms. The van der Waals surface area contributed by atoms with Crippen molar-refractivity contribution in [2.75, 3.05) is 11.9 Å². The van der Waals surface area contributed by atoms with Crippen molar-refractivity contribution in [3.05, 3.63) is 41.3 Å². The molecule has 0 atom stereocenters. The standard InChI is InChI=1S/C15H15NO3S/c1-3-19-15(18)13-12(11-7-5-4-6-8-11)9-20-14(13)16-10(2)17/h4-9H,3H2,1-2H3,(H,16,17). The van der Waals surface area contributed by atoms with Gasteiger partial charge in [0.1, 0.15) is 10.6 Å². The van der Waals surface area contributed by atoms with E-state index in [4.69, 9.17) is 4.74 Å². The predicted octanol–water partition coefficient (Wildman–Crippen LogP) is 3.55. The Morgan fingerprint density at radius 1 is 1.25 bits per heavy atom. The molecular weight excluding hydrogens is 274 g/mol. The number of benzene rings is 1. The number of carbonyl (C=O) groups excluding carboxylic acids is 2. The maximum absolute atomic E-state index is 12.1. The number of hydrogen-bond donors (Lipinski definition) is 1. The van der Waals surface area contributed by atoms with Crippen LogP contribution in [0.1, 0.15) is 24.2 Å². The predicted molar refractivity (Wildman–Crippen MR) is 80.0 cm³/mol. The van der Waals surface area contributed by atoms with Gasteiger partial charge in [0, 0.05) is 17.9 Å². The third-order valence-corrected chi connectivity index (χ3v) is 3.54. The molecule has 1 heterocycles. The number of rotatable bonds is 4. The van der Waals surface area contributed by atoms with Crippen LogP contribution >= 0.6 is 11.3 Å². The van der Waals surface area contributed by atoms with E-state index >= 15 is 0 Å². The molecule has 0 saturated carbocycles. The number of nitrogens with one attached hydrogen (secondary N) is 1. The Hall–Kier alpha value is -2.14. The van der Waals surface area contributed by atoms with Crippen LogP contribution in [0.25, 0.3) is 11.1 Å². The molecule has 5 heteroatoms. The van der Waals surface area contributed by atoms with Crippen LogP contribution in [0.3, 0.4) is 0 Å². The van der Waals surface area contributed by atoms with Crippen LogP contribution in [0, 0.1) is 0 Å². The summed E-state index contributed by atoms with van der Waals surface area (Å²) < 4.78 is 5.09. The molecule has 2 aromatic rings. The van der Waals surface area contributed by atoms with Gasteiger partial charge in [0.15, 0.2) is 0 Å². The van der Waals surface area contributed by atoms with E-state index in [1.165, 1.54) is 18.3 Å². The van der Waals surface area contributed by atoms with E-state index < -0.39 is 5.97 Å². The summed E-state index contributed by atoms with van der Waals surface area (Å²) in [6, 6.07) is 9.55. The first kappa shape index (κ1) is 14.3. The molecule has 104 valence electrons. The van der Waals surface area contributed by atoms with Gasteiger partial charge in [-0.15, -0.1) is 11.3 Å².